The number of anilines is 2. The zero-order valence-electron chi connectivity index (χ0n) is 26.4. The van der Waals surface area contributed by atoms with Crippen molar-refractivity contribution in [1.29, 1.82) is 0 Å². The van der Waals surface area contributed by atoms with E-state index in [1.807, 2.05) is 19.1 Å². The summed E-state index contributed by atoms with van der Waals surface area (Å²) in [7, 11) is 1.23. The predicted octanol–water partition coefficient (Wildman–Crippen LogP) is 6.58. The van der Waals surface area contributed by atoms with E-state index in [-0.39, 0.29) is 30.9 Å². The van der Waals surface area contributed by atoms with E-state index in [0.717, 1.165) is 5.56 Å². The first-order chi connectivity index (χ1) is 19.9. The minimum Gasteiger partial charge on any atom is -0.508 e. The number of amides is 2. The molecule has 0 fully saturated rings. The van der Waals surface area contributed by atoms with E-state index in [2.05, 4.69) is 17.2 Å². The number of carbonyl (C=O) groups excluding carboxylic acids is 3. The third kappa shape index (κ3) is 8.92. The maximum Gasteiger partial charge on any atom is 0.311 e. The van der Waals surface area contributed by atoms with Crippen molar-refractivity contribution < 1.29 is 34.1 Å². The van der Waals surface area contributed by atoms with Gasteiger partial charge in [-0.2, -0.15) is 0 Å². The summed E-state index contributed by atoms with van der Waals surface area (Å²) in [6.45, 7) is 13.7. The summed E-state index contributed by atoms with van der Waals surface area (Å²) in [6, 6.07) is 13.4. The second kappa shape index (κ2) is 13.9. The maximum atomic E-state index is 14.2. The highest BCUT2D eigenvalue weighted by Crippen LogP contribution is 2.49. The van der Waals surface area contributed by atoms with Gasteiger partial charge in [0.15, 0.2) is 0 Å². The molecule has 2 amide bonds. The van der Waals surface area contributed by atoms with Crippen molar-refractivity contribution in [3.63, 3.8) is 0 Å². The zero-order valence-corrected chi connectivity index (χ0v) is 26.4. The van der Waals surface area contributed by atoms with E-state index in [4.69, 9.17) is 4.74 Å². The summed E-state index contributed by atoms with van der Waals surface area (Å²) in [5, 5.41) is 25.3. The fourth-order valence-electron chi connectivity index (χ4n) is 5.81. The van der Waals surface area contributed by atoms with Gasteiger partial charge in [-0.1, -0.05) is 39.0 Å². The minimum absolute atomic E-state index is 0.0425. The summed E-state index contributed by atoms with van der Waals surface area (Å²) < 4.78 is 5.14. The summed E-state index contributed by atoms with van der Waals surface area (Å²) in [6.07, 6.45) is 2.70. The molecule has 0 radical (unpaired) electrons. The van der Waals surface area contributed by atoms with Crippen molar-refractivity contribution in [1.82, 2.24) is 0 Å². The molecule has 0 saturated carbocycles. The van der Waals surface area contributed by atoms with Gasteiger partial charge < -0.3 is 25.6 Å². The van der Waals surface area contributed by atoms with E-state index in [1.54, 1.807) is 51.1 Å². The summed E-state index contributed by atoms with van der Waals surface area (Å²) in [5.41, 5.74) is -3.03. The molecule has 0 heterocycles. The minimum atomic E-state index is -1.38. The molecule has 0 aromatic heterocycles. The third-order valence-corrected chi connectivity index (χ3v) is 8.24. The van der Waals surface area contributed by atoms with Gasteiger partial charge in [-0.05, 0) is 94.8 Å². The van der Waals surface area contributed by atoms with Crippen LogP contribution in [0.1, 0.15) is 72.8 Å². The molecule has 0 aliphatic carbocycles. The highest BCUT2D eigenvalue weighted by atomic mass is 16.5. The van der Waals surface area contributed by atoms with E-state index in [0.29, 0.717) is 24.2 Å². The molecule has 0 aliphatic heterocycles. The Kier molecular flexibility index (Phi) is 11.3. The Labute approximate surface area is 254 Å². The number of carbonyl (C=O) groups is 4. The molecule has 43 heavy (non-hydrogen) atoms. The van der Waals surface area contributed by atoms with Gasteiger partial charge in [0, 0.05) is 22.2 Å². The average molecular weight is 595 g/mol. The number of rotatable bonds is 15. The van der Waals surface area contributed by atoms with Crippen LogP contribution in [0.3, 0.4) is 0 Å². The number of hydrogen-bond donors (Lipinski definition) is 4. The van der Waals surface area contributed by atoms with Gasteiger partial charge in [0.2, 0.25) is 11.8 Å². The Morgan fingerprint density at radius 2 is 1.26 bits per heavy atom. The van der Waals surface area contributed by atoms with Crippen molar-refractivity contribution in [2.45, 2.75) is 73.6 Å². The first-order valence-corrected chi connectivity index (χ1v) is 14.4. The molecule has 2 aromatic rings. The average Bonchev–Trinajstić information content (AvgIpc) is 2.94. The Morgan fingerprint density at radius 3 is 1.70 bits per heavy atom. The molecule has 4 N–H and O–H groups in total. The molecule has 0 bridgehead atoms. The molecule has 9 nitrogen and oxygen atoms in total. The lowest BCUT2D eigenvalue weighted by atomic mass is 9.61. The van der Waals surface area contributed by atoms with E-state index in [9.17, 15) is 29.4 Å². The fraction of sp³-hybridized carbons (Fsp3) is 0.471. The van der Waals surface area contributed by atoms with Gasteiger partial charge >= 0.3 is 11.9 Å². The molecular weight excluding hydrogens is 548 g/mol. The lowest BCUT2D eigenvalue weighted by molar-refractivity contribution is -0.161. The van der Waals surface area contributed by atoms with Gasteiger partial charge in [0.25, 0.3) is 0 Å². The standard InChI is InChI=1S/C34H46N2O7/c1-9-11-23-12-14-24(15-13-23)36-28(39)33(6,22-34(7,30(42)43-8)20-31(3,4)29(40)41)21-32(5,10-2)27(38)35-25-16-18-26(37)19-17-25/h9,12-19,37H,1,10-11,20-22H2,2-8H3,(H,35,38)(H,36,39)(H,40,41). The molecule has 9 heteroatoms. The van der Waals surface area contributed by atoms with Gasteiger partial charge in [-0.25, -0.2) is 0 Å². The quantitative estimate of drug-likeness (QED) is 0.104. The number of allylic oxidation sites excluding steroid dienone is 1. The van der Waals surface area contributed by atoms with Crippen molar-refractivity contribution in [3.8, 4) is 5.75 Å². The van der Waals surface area contributed by atoms with Crippen LogP contribution >= 0.6 is 0 Å². The number of ether oxygens (including phenoxy) is 1. The summed E-state index contributed by atoms with van der Waals surface area (Å²) in [5.74, 6) is -2.41. The predicted molar refractivity (Wildman–Crippen MR) is 168 cm³/mol. The summed E-state index contributed by atoms with van der Waals surface area (Å²) in [4.78, 5) is 53.2. The van der Waals surface area contributed by atoms with Gasteiger partial charge in [0.05, 0.1) is 17.9 Å². The number of methoxy groups -OCH3 is 1. The monoisotopic (exact) mass is 594 g/mol. The van der Waals surface area contributed by atoms with Crippen LogP contribution < -0.4 is 10.6 Å². The van der Waals surface area contributed by atoms with Crippen LogP contribution in [0.2, 0.25) is 0 Å². The second-order valence-electron chi connectivity index (χ2n) is 12.9. The number of phenols is 1. The number of aliphatic carboxylic acids is 1. The molecule has 234 valence electrons. The van der Waals surface area contributed by atoms with Crippen LogP contribution in [-0.4, -0.2) is 41.1 Å². The normalized spacial score (nSPS) is 15.6. The highest BCUT2D eigenvalue weighted by Gasteiger charge is 2.52. The number of carboxylic acid groups (broad SMARTS) is 1. The van der Waals surface area contributed by atoms with Crippen LogP contribution in [-0.2, 0) is 30.3 Å². The van der Waals surface area contributed by atoms with Crippen molar-refractivity contribution in [2.75, 3.05) is 17.7 Å². The molecule has 3 atom stereocenters. The molecular formula is C34H46N2O7. The zero-order chi connectivity index (χ0) is 32.6. The fourth-order valence-corrected chi connectivity index (χ4v) is 5.81. The van der Waals surface area contributed by atoms with Gasteiger partial charge in [-0.3, -0.25) is 19.2 Å². The Hall–Kier alpha value is -4.14. The van der Waals surface area contributed by atoms with Crippen LogP contribution in [0.5, 0.6) is 5.75 Å². The number of esters is 1. The van der Waals surface area contributed by atoms with E-state index in [1.165, 1.54) is 33.1 Å². The summed E-state index contributed by atoms with van der Waals surface area (Å²) >= 11 is 0. The first-order valence-electron chi connectivity index (χ1n) is 14.4. The van der Waals surface area contributed by atoms with E-state index < -0.39 is 39.5 Å². The number of nitrogens with one attached hydrogen (secondary N) is 2. The lowest BCUT2D eigenvalue weighted by Gasteiger charge is -2.43. The Morgan fingerprint density at radius 1 is 0.791 bits per heavy atom. The molecule has 2 rings (SSSR count). The first kappa shape index (κ1) is 35.1. The van der Waals surface area contributed by atoms with Crippen molar-refractivity contribution in [2.24, 2.45) is 21.7 Å². The number of benzene rings is 2. The molecule has 0 saturated heterocycles. The Balaban J connectivity index is 2.56. The smallest absolute Gasteiger partial charge is 0.311 e. The number of carboxylic acids is 1. The number of phenolic OH excluding ortho intramolecular Hbond substituents is 1. The third-order valence-electron chi connectivity index (χ3n) is 8.24. The van der Waals surface area contributed by atoms with Gasteiger partial charge in [0.1, 0.15) is 5.75 Å². The highest BCUT2D eigenvalue weighted by molar-refractivity contribution is 5.98. The SMILES string of the molecule is C=CCc1ccc(NC(=O)C(C)(CC(C)(CC)C(=O)Nc2ccc(O)cc2)CC(C)(CC(C)(C)C(=O)O)C(=O)OC)cc1. The van der Waals surface area contributed by atoms with E-state index >= 15 is 0 Å². The van der Waals surface area contributed by atoms with Crippen LogP contribution in [0, 0.1) is 21.7 Å². The second-order valence-corrected chi connectivity index (χ2v) is 12.9. The van der Waals surface area contributed by atoms with Crippen LogP contribution in [0.4, 0.5) is 11.4 Å². The van der Waals surface area contributed by atoms with Crippen LogP contribution in [0.15, 0.2) is 61.2 Å². The maximum absolute atomic E-state index is 14.2. The number of aromatic hydroxyl groups is 1. The molecule has 2 aromatic carbocycles. The molecule has 3 unspecified atom stereocenters. The molecule has 0 aliphatic rings. The van der Waals surface area contributed by atoms with Gasteiger partial charge in [-0.15, -0.1) is 6.58 Å². The number of hydrogen-bond acceptors (Lipinski definition) is 6. The largest absolute Gasteiger partial charge is 0.508 e. The lowest BCUT2D eigenvalue weighted by Crippen LogP contribution is -2.48. The van der Waals surface area contributed by atoms with Crippen LogP contribution in [0.25, 0.3) is 0 Å². The molecule has 0 spiro atoms. The van der Waals surface area contributed by atoms with Crippen molar-refractivity contribution >= 4 is 35.1 Å². The Bertz CT molecular complexity index is 1320. The topological polar surface area (TPSA) is 142 Å². The van der Waals surface area contributed by atoms with Crippen molar-refractivity contribution in [3.05, 3.63) is 66.7 Å².